The molecule has 3 aromatic carbocycles. The molecule has 0 fully saturated rings. The smallest absolute Gasteiger partial charge is 0.264 e. The second kappa shape index (κ2) is 9.41. The van der Waals surface area contributed by atoms with Crippen molar-refractivity contribution < 1.29 is 22.3 Å². The van der Waals surface area contributed by atoms with Gasteiger partial charge >= 0.3 is 0 Å². The standard InChI is InChI=1S/C22H21FN2O4S/c1-29-19-11-13-20(14-12-19)30(27,28)25(18-8-3-2-4-9-18)16-22(26)24-15-17-7-5-6-10-21(17)23/h2-14H,15-16H2,1H3,(H,24,26). The lowest BCUT2D eigenvalue weighted by Gasteiger charge is -2.24. The summed E-state index contributed by atoms with van der Waals surface area (Å²) in [6.07, 6.45) is 0. The maximum Gasteiger partial charge on any atom is 0.264 e. The van der Waals surface area contributed by atoms with E-state index in [1.807, 2.05) is 0 Å². The quantitative estimate of drug-likeness (QED) is 0.597. The summed E-state index contributed by atoms with van der Waals surface area (Å²) in [5.41, 5.74) is 0.657. The second-order valence-electron chi connectivity index (χ2n) is 6.39. The minimum atomic E-state index is -4.02. The summed E-state index contributed by atoms with van der Waals surface area (Å²) >= 11 is 0. The van der Waals surface area contributed by atoms with Crippen molar-refractivity contribution in [3.8, 4) is 5.75 Å². The van der Waals surface area contributed by atoms with E-state index in [2.05, 4.69) is 5.32 Å². The molecule has 30 heavy (non-hydrogen) atoms. The van der Waals surface area contributed by atoms with Crippen LogP contribution in [0.1, 0.15) is 5.56 Å². The van der Waals surface area contributed by atoms with Crippen LogP contribution in [0.4, 0.5) is 10.1 Å². The lowest BCUT2D eigenvalue weighted by Crippen LogP contribution is -2.40. The monoisotopic (exact) mass is 428 g/mol. The van der Waals surface area contributed by atoms with Crippen molar-refractivity contribution in [1.82, 2.24) is 5.32 Å². The van der Waals surface area contributed by atoms with Crippen LogP contribution in [0.15, 0.2) is 83.8 Å². The van der Waals surface area contributed by atoms with Gasteiger partial charge in [0.1, 0.15) is 18.1 Å². The molecule has 1 amide bonds. The average molecular weight is 428 g/mol. The van der Waals surface area contributed by atoms with Gasteiger partial charge in [-0.2, -0.15) is 0 Å². The van der Waals surface area contributed by atoms with E-state index in [1.54, 1.807) is 48.5 Å². The number of carbonyl (C=O) groups excluding carboxylic acids is 1. The Morgan fingerprint density at radius 1 is 0.967 bits per heavy atom. The predicted octanol–water partition coefficient (Wildman–Crippen LogP) is 3.35. The summed E-state index contributed by atoms with van der Waals surface area (Å²) in [4.78, 5) is 12.6. The number of ether oxygens (including phenoxy) is 1. The van der Waals surface area contributed by atoms with Crippen LogP contribution < -0.4 is 14.4 Å². The van der Waals surface area contributed by atoms with Crippen molar-refractivity contribution in [2.45, 2.75) is 11.4 Å². The van der Waals surface area contributed by atoms with Crippen LogP contribution >= 0.6 is 0 Å². The molecule has 0 spiro atoms. The van der Waals surface area contributed by atoms with Gasteiger partial charge in [-0.3, -0.25) is 9.10 Å². The molecule has 0 aromatic heterocycles. The minimum absolute atomic E-state index is 0.0223. The molecular weight excluding hydrogens is 407 g/mol. The molecule has 0 radical (unpaired) electrons. The van der Waals surface area contributed by atoms with Crippen LogP contribution in [0.3, 0.4) is 0 Å². The normalized spacial score (nSPS) is 11.0. The van der Waals surface area contributed by atoms with E-state index in [4.69, 9.17) is 4.74 Å². The molecular formula is C22H21FN2O4S. The van der Waals surface area contributed by atoms with E-state index >= 15 is 0 Å². The summed E-state index contributed by atoms with van der Waals surface area (Å²) in [5.74, 6) is -0.481. The number of nitrogens with zero attached hydrogens (tertiary/aromatic N) is 1. The Balaban J connectivity index is 1.84. The number of halogens is 1. The van der Waals surface area contributed by atoms with Crippen LogP contribution in [-0.4, -0.2) is 28.0 Å². The first kappa shape index (κ1) is 21.3. The number of benzene rings is 3. The van der Waals surface area contributed by atoms with Crippen molar-refractivity contribution in [2.75, 3.05) is 18.0 Å². The molecule has 0 saturated carbocycles. The average Bonchev–Trinajstić information content (AvgIpc) is 2.77. The fourth-order valence-corrected chi connectivity index (χ4v) is 4.23. The van der Waals surface area contributed by atoms with E-state index in [0.717, 1.165) is 4.31 Å². The zero-order valence-corrected chi connectivity index (χ0v) is 17.1. The Labute approximate surface area is 175 Å². The largest absolute Gasteiger partial charge is 0.497 e. The third-order valence-corrected chi connectivity index (χ3v) is 6.20. The molecule has 3 rings (SSSR count). The maximum absolute atomic E-state index is 13.8. The van der Waals surface area contributed by atoms with Gasteiger partial charge in [-0.05, 0) is 42.5 Å². The summed E-state index contributed by atoms with van der Waals surface area (Å²) < 4.78 is 46.3. The zero-order chi connectivity index (χ0) is 21.6. The van der Waals surface area contributed by atoms with Gasteiger partial charge in [-0.15, -0.1) is 0 Å². The number of anilines is 1. The first-order valence-electron chi connectivity index (χ1n) is 9.14. The van der Waals surface area contributed by atoms with Gasteiger partial charge < -0.3 is 10.1 Å². The Morgan fingerprint density at radius 3 is 2.23 bits per heavy atom. The zero-order valence-electron chi connectivity index (χ0n) is 16.3. The highest BCUT2D eigenvalue weighted by atomic mass is 32.2. The molecule has 0 heterocycles. The molecule has 0 saturated heterocycles. The van der Waals surface area contributed by atoms with Crippen LogP contribution in [0.25, 0.3) is 0 Å². The fraction of sp³-hybridized carbons (Fsp3) is 0.136. The Bertz CT molecular complexity index is 1100. The lowest BCUT2D eigenvalue weighted by molar-refractivity contribution is -0.119. The molecule has 0 aliphatic rings. The molecule has 0 atom stereocenters. The first-order chi connectivity index (χ1) is 14.4. The van der Waals surface area contributed by atoms with Crippen LogP contribution in [0.5, 0.6) is 5.75 Å². The molecule has 0 aliphatic carbocycles. The predicted molar refractivity (Wildman–Crippen MR) is 112 cm³/mol. The van der Waals surface area contributed by atoms with Crippen LogP contribution in [-0.2, 0) is 21.4 Å². The van der Waals surface area contributed by atoms with Gasteiger partial charge in [0.15, 0.2) is 0 Å². The Hall–Kier alpha value is -3.39. The van der Waals surface area contributed by atoms with Gasteiger partial charge in [-0.1, -0.05) is 36.4 Å². The molecule has 6 nitrogen and oxygen atoms in total. The van der Waals surface area contributed by atoms with E-state index < -0.39 is 28.3 Å². The highest BCUT2D eigenvalue weighted by Crippen LogP contribution is 2.24. The van der Waals surface area contributed by atoms with Crippen molar-refractivity contribution >= 4 is 21.6 Å². The van der Waals surface area contributed by atoms with Crippen LogP contribution in [0.2, 0.25) is 0 Å². The number of sulfonamides is 1. The minimum Gasteiger partial charge on any atom is -0.497 e. The van der Waals surface area contributed by atoms with Gasteiger partial charge in [-0.25, -0.2) is 12.8 Å². The van der Waals surface area contributed by atoms with Crippen molar-refractivity contribution in [1.29, 1.82) is 0 Å². The SMILES string of the molecule is COc1ccc(S(=O)(=O)N(CC(=O)NCc2ccccc2F)c2ccccc2)cc1. The van der Waals surface area contributed by atoms with E-state index in [-0.39, 0.29) is 11.4 Å². The van der Waals surface area contributed by atoms with Crippen molar-refractivity contribution in [2.24, 2.45) is 0 Å². The molecule has 8 heteroatoms. The molecule has 3 aromatic rings. The number of carbonyl (C=O) groups is 1. The molecule has 0 unspecified atom stereocenters. The Morgan fingerprint density at radius 2 is 1.60 bits per heavy atom. The van der Waals surface area contributed by atoms with Crippen LogP contribution in [0, 0.1) is 5.82 Å². The molecule has 0 aliphatic heterocycles. The first-order valence-corrected chi connectivity index (χ1v) is 10.6. The number of hydrogen-bond donors (Lipinski definition) is 1. The Kier molecular flexibility index (Phi) is 6.68. The third kappa shape index (κ3) is 4.96. The number of amides is 1. The second-order valence-corrected chi connectivity index (χ2v) is 8.25. The number of hydrogen-bond acceptors (Lipinski definition) is 4. The van der Waals surface area contributed by atoms with E-state index in [1.165, 1.54) is 37.4 Å². The number of rotatable bonds is 8. The summed E-state index contributed by atoms with van der Waals surface area (Å²) in [7, 11) is -2.54. The number of nitrogens with one attached hydrogen (secondary N) is 1. The topological polar surface area (TPSA) is 75.7 Å². The molecule has 0 bridgehead atoms. The number of methoxy groups -OCH3 is 1. The van der Waals surface area contributed by atoms with Gasteiger partial charge in [0, 0.05) is 12.1 Å². The third-order valence-electron chi connectivity index (χ3n) is 4.41. The molecule has 1 N–H and O–H groups in total. The fourth-order valence-electron chi connectivity index (χ4n) is 2.81. The van der Waals surface area contributed by atoms with Crippen molar-refractivity contribution in [3.63, 3.8) is 0 Å². The van der Waals surface area contributed by atoms with E-state index in [0.29, 0.717) is 17.0 Å². The van der Waals surface area contributed by atoms with Gasteiger partial charge in [0.05, 0.1) is 17.7 Å². The van der Waals surface area contributed by atoms with Gasteiger partial charge in [0.25, 0.3) is 10.0 Å². The lowest BCUT2D eigenvalue weighted by atomic mass is 10.2. The maximum atomic E-state index is 13.8. The van der Waals surface area contributed by atoms with E-state index in [9.17, 15) is 17.6 Å². The summed E-state index contributed by atoms with van der Waals surface area (Å²) in [5, 5.41) is 2.58. The summed E-state index contributed by atoms with van der Waals surface area (Å²) in [6.45, 7) is -0.496. The summed E-state index contributed by atoms with van der Waals surface area (Å²) in [6, 6.07) is 20.3. The molecule has 156 valence electrons. The number of para-hydroxylation sites is 1. The highest BCUT2D eigenvalue weighted by Gasteiger charge is 2.27. The highest BCUT2D eigenvalue weighted by molar-refractivity contribution is 7.92. The van der Waals surface area contributed by atoms with Gasteiger partial charge in [0.2, 0.25) is 5.91 Å². The van der Waals surface area contributed by atoms with Crippen molar-refractivity contribution in [3.05, 3.63) is 90.2 Å².